The molecule has 1 spiro atoms. The van der Waals surface area contributed by atoms with Gasteiger partial charge >= 0.3 is 0 Å². The van der Waals surface area contributed by atoms with Crippen LogP contribution in [0.5, 0.6) is 0 Å². The molecule has 0 atom stereocenters. The molecule has 104 valence electrons. The fourth-order valence-electron chi connectivity index (χ4n) is 2.99. The third-order valence-electron chi connectivity index (χ3n) is 4.28. The third kappa shape index (κ3) is 1.67. The second-order valence-electron chi connectivity index (χ2n) is 8.16. The van der Waals surface area contributed by atoms with Crippen LogP contribution in [0.15, 0.2) is 0 Å². The van der Waals surface area contributed by atoms with Gasteiger partial charge < -0.3 is 10.3 Å². The maximum absolute atomic E-state index is 12.7. The van der Waals surface area contributed by atoms with E-state index in [1.165, 1.54) is 5.69 Å². The molecule has 3 heteroatoms. The van der Waals surface area contributed by atoms with Crippen LogP contribution in [0.4, 0.5) is 5.69 Å². The summed E-state index contributed by atoms with van der Waals surface area (Å²) in [5.74, 6) is 0.305. The van der Waals surface area contributed by atoms with Crippen LogP contribution in [-0.2, 0) is 10.8 Å². The van der Waals surface area contributed by atoms with Gasteiger partial charge in [0.2, 0.25) is 0 Å². The normalized spacial score (nSPS) is 20.6. The molecule has 0 saturated heterocycles. The van der Waals surface area contributed by atoms with E-state index >= 15 is 0 Å². The van der Waals surface area contributed by atoms with Crippen LogP contribution in [0, 0.1) is 0 Å². The molecule has 1 saturated carbocycles. The number of anilines is 1. The summed E-state index contributed by atoms with van der Waals surface area (Å²) >= 11 is 0. The zero-order valence-electron chi connectivity index (χ0n) is 12.8. The van der Waals surface area contributed by atoms with Gasteiger partial charge in [0.25, 0.3) is 0 Å². The minimum absolute atomic E-state index is 0.0152. The first-order valence-corrected chi connectivity index (χ1v) is 7.16. The number of hydrogen-bond acceptors (Lipinski definition) is 2. The Hall–Kier alpha value is -1.25. The van der Waals surface area contributed by atoms with Gasteiger partial charge in [-0.3, -0.25) is 4.79 Å². The molecule has 0 bridgehead atoms. The van der Waals surface area contributed by atoms with Crippen molar-refractivity contribution in [2.75, 3.05) is 5.32 Å². The molecule has 1 aliphatic carbocycles. The lowest BCUT2D eigenvalue weighted by molar-refractivity contribution is 0.0967. The minimum atomic E-state index is -0.250. The van der Waals surface area contributed by atoms with Gasteiger partial charge in [0.05, 0.1) is 11.3 Å². The number of carbonyl (C=O) groups excluding carboxylic acids is 1. The summed E-state index contributed by atoms with van der Waals surface area (Å²) < 4.78 is 0. The van der Waals surface area contributed by atoms with Crippen molar-refractivity contribution in [2.45, 2.75) is 70.8 Å². The molecule has 1 fully saturated rings. The van der Waals surface area contributed by atoms with Crippen LogP contribution in [-0.4, -0.2) is 16.3 Å². The standard InChI is InChI=1S/C16H24N2O/c1-14(2,3)11-9-10(12(17-11)15(4,5)6)18-16(7-8-16)13(9)19/h17-18H,7-8H2,1-6H3. The number of carbonyl (C=O) groups is 1. The first-order valence-electron chi connectivity index (χ1n) is 7.16. The van der Waals surface area contributed by atoms with Gasteiger partial charge in [-0.05, 0) is 12.8 Å². The zero-order chi connectivity index (χ0) is 14.2. The van der Waals surface area contributed by atoms with Gasteiger partial charge in [0.1, 0.15) is 5.54 Å². The maximum Gasteiger partial charge on any atom is 0.192 e. The van der Waals surface area contributed by atoms with E-state index in [0.717, 1.165) is 29.8 Å². The Morgan fingerprint density at radius 2 is 1.47 bits per heavy atom. The number of rotatable bonds is 0. The Balaban J connectivity index is 2.23. The Bertz CT molecular complexity index is 563. The van der Waals surface area contributed by atoms with Crippen molar-refractivity contribution in [1.82, 2.24) is 4.98 Å². The largest absolute Gasteiger partial charge is 0.370 e. The van der Waals surface area contributed by atoms with E-state index < -0.39 is 0 Å². The lowest BCUT2D eigenvalue weighted by Crippen LogP contribution is -2.27. The van der Waals surface area contributed by atoms with Gasteiger partial charge in [-0.2, -0.15) is 0 Å². The second-order valence-corrected chi connectivity index (χ2v) is 8.16. The van der Waals surface area contributed by atoms with E-state index in [1.54, 1.807) is 0 Å². The molecule has 1 aromatic heterocycles. The molecule has 2 aliphatic rings. The summed E-state index contributed by atoms with van der Waals surface area (Å²) in [6.45, 7) is 13.1. The highest BCUT2D eigenvalue weighted by Gasteiger charge is 2.57. The molecule has 0 radical (unpaired) electrons. The fourth-order valence-corrected chi connectivity index (χ4v) is 2.99. The molecule has 2 N–H and O–H groups in total. The summed E-state index contributed by atoms with van der Waals surface area (Å²) in [7, 11) is 0. The van der Waals surface area contributed by atoms with Crippen LogP contribution < -0.4 is 5.32 Å². The van der Waals surface area contributed by atoms with Gasteiger partial charge in [-0.1, -0.05) is 41.5 Å². The van der Waals surface area contributed by atoms with E-state index in [1.807, 2.05) is 0 Å². The van der Waals surface area contributed by atoms with Crippen LogP contribution in [0.3, 0.4) is 0 Å². The average Bonchev–Trinajstić information content (AvgIpc) is 2.79. The van der Waals surface area contributed by atoms with Gasteiger partial charge in [-0.15, -0.1) is 0 Å². The molecular formula is C16H24N2O. The topological polar surface area (TPSA) is 44.9 Å². The molecule has 0 aromatic carbocycles. The SMILES string of the molecule is CC(C)(C)c1[nH]c(C(C)(C)C)c2c1NC1(CC1)C2=O. The molecule has 19 heavy (non-hydrogen) atoms. The van der Waals surface area contributed by atoms with Gasteiger partial charge in [0.15, 0.2) is 5.78 Å². The monoisotopic (exact) mass is 260 g/mol. The minimum Gasteiger partial charge on any atom is -0.370 e. The number of Topliss-reactive ketones (excluding diaryl/α,β-unsaturated/α-hetero) is 1. The first kappa shape index (κ1) is 12.8. The quantitative estimate of drug-likeness (QED) is 0.746. The number of H-pyrrole nitrogens is 1. The molecule has 2 heterocycles. The number of ketones is 1. The Morgan fingerprint density at radius 1 is 0.947 bits per heavy atom. The number of aromatic nitrogens is 1. The molecule has 0 amide bonds. The average molecular weight is 260 g/mol. The van der Waals surface area contributed by atoms with Gasteiger partial charge in [-0.25, -0.2) is 0 Å². The molecule has 3 nitrogen and oxygen atoms in total. The van der Waals surface area contributed by atoms with E-state index in [0.29, 0.717) is 5.78 Å². The van der Waals surface area contributed by atoms with Crippen molar-refractivity contribution in [1.29, 1.82) is 0 Å². The summed E-state index contributed by atoms with van der Waals surface area (Å²) in [5, 5.41) is 3.52. The third-order valence-corrected chi connectivity index (χ3v) is 4.28. The van der Waals surface area contributed by atoms with Crippen molar-refractivity contribution < 1.29 is 4.79 Å². The second kappa shape index (κ2) is 3.25. The maximum atomic E-state index is 12.7. The zero-order valence-corrected chi connectivity index (χ0v) is 12.8. The summed E-state index contributed by atoms with van der Waals surface area (Å²) in [6.07, 6.45) is 1.96. The van der Waals surface area contributed by atoms with Crippen LogP contribution >= 0.6 is 0 Å². The highest BCUT2D eigenvalue weighted by Crippen LogP contribution is 2.53. The molecule has 1 aliphatic heterocycles. The lowest BCUT2D eigenvalue weighted by Gasteiger charge is -2.22. The summed E-state index contributed by atoms with van der Waals surface area (Å²) in [4.78, 5) is 16.3. The Morgan fingerprint density at radius 3 is 1.89 bits per heavy atom. The van der Waals surface area contributed by atoms with E-state index in [2.05, 4.69) is 51.8 Å². The number of aromatic amines is 1. The molecule has 0 unspecified atom stereocenters. The van der Waals surface area contributed by atoms with E-state index in [9.17, 15) is 4.79 Å². The molecule has 1 aromatic rings. The Labute approximate surface area is 115 Å². The highest BCUT2D eigenvalue weighted by atomic mass is 16.1. The van der Waals surface area contributed by atoms with E-state index in [-0.39, 0.29) is 16.4 Å². The molecular weight excluding hydrogens is 236 g/mol. The van der Waals surface area contributed by atoms with Crippen molar-refractivity contribution in [3.63, 3.8) is 0 Å². The van der Waals surface area contributed by atoms with Gasteiger partial charge in [0, 0.05) is 22.2 Å². The van der Waals surface area contributed by atoms with Crippen LogP contribution in [0.1, 0.15) is 76.1 Å². The van der Waals surface area contributed by atoms with Crippen molar-refractivity contribution >= 4 is 11.5 Å². The van der Waals surface area contributed by atoms with Crippen molar-refractivity contribution in [2.24, 2.45) is 0 Å². The van der Waals surface area contributed by atoms with Crippen molar-refractivity contribution in [3.8, 4) is 0 Å². The number of nitrogens with one attached hydrogen (secondary N) is 2. The fraction of sp³-hybridized carbons (Fsp3) is 0.688. The number of hydrogen-bond donors (Lipinski definition) is 2. The lowest BCUT2D eigenvalue weighted by atomic mass is 9.87. The first-order chi connectivity index (χ1) is 8.56. The summed E-state index contributed by atoms with van der Waals surface area (Å²) in [5.41, 5.74) is 3.99. The van der Waals surface area contributed by atoms with Crippen molar-refractivity contribution in [3.05, 3.63) is 17.0 Å². The predicted octanol–water partition coefficient (Wildman–Crippen LogP) is 3.75. The molecule has 3 rings (SSSR count). The van der Waals surface area contributed by atoms with Crippen LogP contribution in [0.25, 0.3) is 0 Å². The Kier molecular flexibility index (Phi) is 2.18. The highest BCUT2D eigenvalue weighted by molar-refractivity contribution is 6.17. The number of fused-ring (bicyclic) bond motifs is 1. The smallest absolute Gasteiger partial charge is 0.192 e. The van der Waals surface area contributed by atoms with Crippen LogP contribution in [0.2, 0.25) is 0 Å². The van der Waals surface area contributed by atoms with E-state index in [4.69, 9.17) is 0 Å². The summed E-state index contributed by atoms with van der Waals surface area (Å²) in [6, 6.07) is 0. The predicted molar refractivity (Wildman–Crippen MR) is 78.1 cm³/mol.